The molecule has 160 valence electrons. The molecule has 2 aromatic rings. The molecule has 1 amide bonds. The number of benzene rings is 1. The Kier molecular flexibility index (Phi) is 7.73. The first-order valence-corrected chi connectivity index (χ1v) is 10.5. The lowest BCUT2D eigenvalue weighted by Gasteiger charge is -2.22. The number of hydrogen-bond donors (Lipinski definition) is 1. The van der Waals surface area contributed by atoms with Gasteiger partial charge in [-0.05, 0) is 36.8 Å². The molecule has 1 aromatic carbocycles. The van der Waals surface area contributed by atoms with Gasteiger partial charge in [0.25, 0.3) is 0 Å². The van der Waals surface area contributed by atoms with Crippen molar-refractivity contribution in [3.63, 3.8) is 0 Å². The first-order valence-electron chi connectivity index (χ1n) is 8.71. The fraction of sp³-hybridized carbons (Fsp3) is 0.389. The standard InChI is InChI=1S/C18H20ClF3N2O4S/c1-2-3-8-24(12-17(25)23-11-14-5-4-9-28-14)29(26,27)16-10-13(18(20,21)22)6-7-15(16)19/h4-7,9-10H,2-3,8,11-12H2,1H3,(H,23,25). The smallest absolute Gasteiger partial charge is 0.416 e. The van der Waals surface area contributed by atoms with Crippen molar-refractivity contribution in [3.05, 3.63) is 52.9 Å². The van der Waals surface area contributed by atoms with Crippen molar-refractivity contribution in [3.8, 4) is 0 Å². The maximum absolute atomic E-state index is 13.0. The van der Waals surface area contributed by atoms with Gasteiger partial charge in [-0.25, -0.2) is 8.42 Å². The third kappa shape index (κ3) is 6.22. The number of carbonyl (C=O) groups excluding carboxylic acids is 1. The van der Waals surface area contributed by atoms with Crippen LogP contribution in [0.15, 0.2) is 45.9 Å². The van der Waals surface area contributed by atoms with Gasteiger partial charge < -0.3 is 9.73 Å². The number of alkyl halides is 3. The first-order chi connectivity index (χ1) is 13.6. The van der Waals surface area contributed by atoms with Gasteiger partial charge in [-0.15, -0.1) is 0 Å². The fourth-order valence-corrected chi connectivity index (χ4v) is 4.39. The molecule has 0 fully saturated rings. The third-order valence-electron chi connectivity index (χ3n) is 4.00. The molecule has 1 N–H and O–H groups in total. The van der Waals surface area contributed by atoms with Crippen molar-refractivity contribution in [2.24, 2.45) is 0 Å². The summed E-state index contributed by atoms with van der Waals surface area (Å²) in [6.07, 6.45) is -2.27. The minimum Gasteiger partial charge on any atom is -0.467 e. The van der Waals surface area contributed by atoms with Crippen molar-refractivity contribution in [1.29, 1.82) is 0 Å². The van der Waals surface area contributed by atoms with Crippen LogP contribution in [-0.2, 0) is 27.5 Å². The number of amides is 1. The van der Waals surface area contributed by atoms with E-state index in [1.165, 1.54) is 6.26 Å². The van der Waals surface area contributed by atoms with E-state index in [9.17, 15) is 26.4 Å². The van der Waals surface area contributed by atoms with Crippen molar-refractivity contribution in [2.45, 2.75) is 37.4 Å². The van der Waals surface area contributed by atoms with Gasteiger partial charge in [0, 0.05) is 6.54 Å². The minimum absolute atomic E-state index is 0.0421. The average Bonchev–Trinajstić information content (AvgIpc) is 3.16. The Morgan fingerprint density at radius 2 is 2.00 bits per heavy atom. The maximum Gasteiger partial charge on any atom is 0.416 e. The van der Waals surface area contributed by atoms with Gasteiger partial charge in [0.15, 0.2) is 0 Å². The maximum atomic E-state index is 13.0. The van der Waals surface area contributed by atoms with E-state index in [1.807, 2.05) is 6.92 Å². The van der Waals surface area contributed by atoms with Crippen LogP contribution in [0.1, 0.15) is 31.1 Å². The number of carbonyl (C=O) groups is 1. The molecule has 6 nitrogen and oxygen atoms in total. The zero-order valence-electron chi connectivity index (χ0n) is 15.5. The summed E-state index contributed by atoms with van der Waals surface area (Å²) in [5.74, 6) is -0.147. The van der Waals surface area contributed by atoms with Gasteiger partial charge in [-0.3, -0.25) is 4.79 Å². The van der Waals surface area contributed by atoms with Gasteiger partial charge in [-0.2, -0.15) is 17.5 Å². The van der Waals surface area contributed by atoms with E-state index < -0.39 is 39.1 Å². The van der Waals surface area contributed by atoms with E-state index in [0.29, 0.717) is 30.7 Å². The molecular formula is C18H20ClF3N2O4S. The Labute approximate surface area is 171 Å². The highest BCUT2D eigenvalue weighted by Gasteiger charge is 2.34. The summed E-state index contributed by atoms with van der Waals surface area (Å²) in [7, 11) is -4.44. The second-order valence-corrected chi connectivity index (χ2v) is 8.50. The van der Waals surface area contributed by atoms with Crippen LogP contribution in [0.3, 0.4) is 0 Å². The highest BCUT2D eigenvalue weighted by Crippen LogP contribution is 2.34. The van der Waals surface area contributed by atoms with Crippen molar-refractivity contribution < 1.29 is 30.8 Å². The van der Waals surface area contributed by atoms with E-state index in [2.05, 4.69) is 5.32 Å². The summed E-state index contributed by atoms with van der Waals surface area (Å²) in [6, 6.07) is 5.33. The molecule has 0 radical (unpaired) electrons. The molecule has 0 spiro atoms. The number of rotatable bonds is 9. The number of unbranched alkanes of at least 4 members (excludes halogenated alkanes) is 1. The minimum atomic E-state index is -4.73. The quantitative estimate of drug-likeness (QED) is 0.622. The van der Waals surface area contributed by atoms with Gasteiger partial charge in [0.05, 0.1) is 29.9 Å². The normalized spacial score (nSPS) is 12.3. The molecule has 0 aliphatic heterocycles. The fourth-order valence-electron chi connectivity index (χ4n) is 2.45. The monoisotopic (exact) mass is 452 g/mol. The van der Waals surface area contributed by atoms with Gasteiger partial charge in [0.2, 0.25) is 15.9 Å². The van der Waals surface area contributed by atoms with Gasteiger partial charge in [-0.1, -0.05) is 24.9 Å². The van der Waals surface area contributed by atoms with E-state index in [4.69, 9.17) is 16.0 Å². The SMILES string of the molecule is CCCCN(CC(=O)NCc1ccco1)S(=O)(=O)c1cc(C(F)(F)F)ccc1Cl. The summed E-state index contributed by atoms with van der Waals surface area (Å²) in [5.41, 5.74) is -1.14. The van der Waals surface area contributed by atoms with Crippen molar-refractivity contribution >= 4 is 27.5 Å². The van der Waals surface area contributed by atoms with E-state index >= 15 is 0 Å². The van der Waals surface area contributed by atoms with Crippen molar-refractivity contribution in [1.82, 2.24) is 9.62 Å². The third-order valence-corrected chi connectivity index (χ3v) is 6.32. The molecule has 0 aliphatic carbocycles. The molecule has 0 unspecified atom stereocenters. The van der Waals surface area contributed by atoms with Crippen LogP contribution in [0.2, 0.25) is 5.02 Å². The molecule has 1 aromatic heterocycles. The number of nitrogens with one attached hydrogen (secondary N) is 1. The first kappa shape index (κ1) is 23.2. The van der Waals surface area contributed by atoms with Crippen LogP contribution in [0.5, 0.6) is 0 Å². The van der Waals surface area contributed by atoms with Gasteiger partial charge in [0.1, 0.15) is 10.7 Å². The zero-order chi connectivity index (χ0) is 21.7. The topological polar surface area (TPSA) is 79.6 Å². The van der Waals surface area contributed by atoms with E-state index in [0.717, 1.165) is 10.4 Å². The summed E-state index contributed by atoms with van der Waals surface area (Å²) in [4.78, 5) is 11.5. The highest BCUT2D eigenvalue weighted by molar-refractivity contribution is 7.89. The lowest BCUT2D eigenvalue weighted by molar-refractivity contribution is -0.137. The average molecular weight is 453 g/mol. The second-order valence-electron chi connectivity index (χ2n) is 6.19. The highest BCUT2D eigenvalue weighted by atomic mass is 35.5. The molecule has 0 saturated carbocycles. The number of furan rings is 1. The predicted octanol–water partition coefficient (Wildman–Crippen LogP) is 4.06. The van der Waals surface area contributed by atoms with Crippen LogP contribution in [0, 0.1) is 0 Å². The summed E-state index contributed by atoms with van der Waals surface area (Å²) < 4.78 is 70.9. The molecular weight excluding hydrogens is 433 g/mol. The Hall–Kier alpha value is -2.04. The molecule has 0 saturated heterocycles. The molecule has 2 rings (SSSR count). The van der Waals surface area contributed by atoms with Crippen LogP contribution >= 0.6 is 11.6 Å². The lowest BCUT2D eigenvalue weighted by atomic mass is 10.2. The zero-order valence-corrected chi connectivity index (χ0v) is 17.1. The number of halogens is 4. The molecule has 1 heterocycles. The number of hydrogen-bond acceptors (Lipinski definition) is 4. The van der Waals surface area contributed by atoms with Crippen LogP contribution in [0.25, 0.3) is 0 Å². The lowest BCUT2D eigenvalue weighted by Crippen LogP contribution is -2.41. The van der Waals surface area contributed by atoms with Gasteiger partial charge >= 0.3 is 6.18 Å². The molecule has 11 heteroatoms. The summed E-state index contributed by atoms with van der Waals surface area (Å²) in [5, 5.41) is 2.16. The van der Waals surface area contributed by atoms with Crippen LogP contribution in [-0.4, -0.2) is 31.7 Å². The summed E-state index contributed by atoms with van der Waals surface area (Å²) >= 11 is 5.89. The van der Waals surface area contributed by atoms with E-state index in [1.54, 1.807) is 12.1 Å². The predicted molar refractivity (Wildman–Crippen MR) is 101 cm³/mol. The Morgan fingerprint density at radius 1 is 1.28 bits per heavy atom. The molecule has 0 bridgehead atoms. The second kappa shape index (κ2) is 9.64. The molecule has 29 heavy (non-hydrogen) atoms. The van der Waals surface area contributed by atoms with Crippen molar-refractivity contribution in [2.75, 3.05) is 13.1 Å². The molecule has 0 aliphatic rings. The number of nitrogens with zero attached hydrogens (tertiary/aromatic N) is 1. The largest absolute Gasteiger partial charge is 0.467 e. The van der Waals surface area contributed by atoms with E-state index in [-0.39, 0.29) is 18.1 Å². The Morgan fingerprint density at radius 3 is 2.59 bits per heavy atom. The van der Waals surface area contributed by atoms with Crippen LogP contribution < -0.4 is 5.32 Å². The number of sulfonamides is 1. The molecule has 0 atom stereocenters. The van der Waals surface area contributed by atoms with Crippen LogP contribution in [0.4, 0.5) is 13.2 Å². The Balaban J connectivity index is 2.26. The summed E-state index contributed by atoms with van der Waals surface area (Å²) in [6.45, 7) is 1.27. The Bertz CT molecular complexity index is 931.